The van der Waals surface area contributed by atoms with Crippen molar-refractivity contribution >= 4 is 11.0 Å². The summed E-state index contributed by atoms with van der Waals surface area (Å²) < 4.78 is 0. The van der Waals surface area contributed by atoms with Crippen LogP contribution in [0.2, 0.25) is 0 Å². The molecular formula is C10H15N3. The minimum atomic E-state index is 0.972. The van der Waals surface area contributed by atoms with Gasteiger partial charge < -0.3 is 10.3 Å². The average molecular weight is 177 g/mol. The summed E-state index contributed by atoms with van der Waals surface area (Å²) >= 11 is 0. The first-order valence-electron chi connectivity index (χ1n) is 4.26. The number of aromatic nitrogens is 2. The van der Waals surface area contributed by atoms with E-state index in [0.717, 1.165) is 5.65 Å². The molecule has 2 aromatic rings. The van der Waals surface area contributed by atoms with Crippen molar-refractivity contribution in [2.24, 2.45) is 0 Å². The van der Waals surface area contributed by atoms with Crippen molar-refractivity contribution in [2.45, 2.75) is 6.92 Å². The Kier molecular flexibility index (Phi) is 3.46. The number of hydrogen-bond donors (Lipinski definition) is 2. The van der Waals surface area contributed by atoms with E-state index in [1.54, 1.807) is 6.20 Å². The summed E-state index contributed by atoms with van der Waals surface area (Å²) in [5.74, 6) is 0. The Labute approximate surface area is 78.2 Å². The first-order chi connectivity index (χ1) is 6.29. The molecule has 2 N–H and O–H groups in total. The normalized spacial score (nSPS) is 9.46. The Morgan fingerprint density at radius 1 is 1.38 bits per heavy atom. The van der Waals surface area contributed by atoms with Crippen molar-refractivity contribution in [3.63, 3.8) is 0 Å². The molecule has 0 radical (unpaired) electrons. The molecule has 0 saturated carbocycles. The monoisotopic (exact) mass is 177 g/mol. The van der Waals surface area contributed by atoms with Crippen LogP contribution in [0.15, 0.2) is 24.5 Å². The summed E-state index contributed by atoms with van der Waals surface area (Å²) in [7, 11) is 3.75. The predicted molar refractivity (Wildman–Crippen MR) is 55.8 cm³/mol. The van der Waals surface area contributed by atoms with E-state index >= 15 is 0 Å². The zero-order valence-corrected chi connectivity index (χ0v) is 8.26. The van der Waals surface area contributed by atoms with E-state index in [4.69, 9.17) is 0 Å². The number of nitrogens with one attached hydrogen (secondary N) is 2. The van der Waals surface area contributed by atoms with Gasteiger partial charge in [0.25, 0.3) is 0 Å². The lowest BCUT2D eigenvalue weighted by Crippen LogP contribution is -1.89. The van der Waals surface area contributed by atoms with Crippen LogP contribution >= 0.6 is 0 Å². The van der Waals surface area contributed by atoms with Crippen molar-refractivity contribution in [1.29, 1.82) is 0 Å². The van der Waals surface area contributed by atoms with E-state index in [1.807, 2.05) is 26.4 Å². The van der Waals surface area contributed by atoms with Gasteiger partial charge in [-0.2, -0.15) is 0 Å². The summed E-state index contributed by atoms with van der Waals surface area (Å²) in [5.41, 5.74) is 2.23. The van der Waals surface area contributed by atoms with Gasteiger partial charge in [-0.05, 0) is 38.7 Å². The lowest BCUT2D eigenvalue weighted by molar-refractivity contribution is 1.02. The van der Waals surface area contributed by atoms with E-state index in [-0.39, 0.29) is 0 Å². The Hall–Kier alpha value is -1.35. The molecule has 70 valence electrons. The third-order valence-corrected chi connectivity index (χ3v) is 1.66. The molecular weight excluding hydrogens is 162 g/mol. The van der Waals surface area contributed by atoms with Crippen LogP contribution in [0, 0.1) is 6.92 Å². The van der Waals surface area contributed by atoms with Gasteiger partial charge in [0.15, 0.2) is 0 Å². The number of H-pyrrole nitrogens is 1. The van der Waals surface area contributed by atoms with Crippen LogP contribution in [-0.2, 0) is 0 Å². The SMILES string of the molecule is CNC.Cc1c[nH]c2ncccc12. The van der Waals surface area contributed by atoms with Crippen LogP contribution in [0.25, 0.3) is 11.0 Å². The Balaban J connectivity index is 0.000000251. The molecule has 0 fully saturated rings. The smallest absolute Gasteiger partial charge is 0.137 e. The van der Waals surface area contributed by atoms with E-state index < -0.39 is 0 Å². The fourth-order valence-electron chi connectivity index (χ4n) is 1.09. The highest BCUT2D eigenvalue weighted by Crippen LogP contribution is 2.12. The molecule has 0 saturated heterocycles. The van der Waals surface area contributed by atoms with Crippen molar-refractivity contribution in [1.82, 2.24) is 15.3 Å². The van der Waals surface area contributed by atoms with E-state index in [1.165, 1.54) is 10.9 Å². The molecule has 2 rings (SSSR count). The van der Waals surface area contributed by atoms with Gasteiger partial charge in [0.05, 0.1) is 0 Å². The number of fused-ring (bicyclic) bond motifs is 1. The highest BCUT2D eigenvalue weighted by Gasteiger charge is 1.95. The molecule has 2 aromatic heterocycles. The number of aromatic amines is 1. The highest BCUT2D eigenvalue weighted by atomic mass is 14.8. The van der Waals surface area contributed by atoms with Gasteiger partial charge in [0.2, 0.25) is 0 Å². The van der Waals surface area contributed by atoms with Gasteiger partial charge in [-0.15, -0.1) is 0 Å². The van der Waals surface area contributed by atoms with Crippen molar-refractivity contribution in [3.05, 3.63) is 30.1 Å². The third-order valence-electron chi connectivity index (χ3n) is 1.66. The second-order valence-corrected chi connectivity index (χ2v) is 2.87. The molecule has 3 nitrogen and oxygen atoms in total. The number of hydrogen-bond acceptors (Lipinski definition) is 2. The maximum absolute atomic E-state index is 4.15. The lowest BCUT2D eigenvalue weighted by Gasteiger charge is -1.86. The van der Waals surface area contributed by atoms with Crippen molar-refractivity contribution < 1.29 is 0 Å². The summed E-state index contributed by atoms with van der Waals surface area (Å²) in [5, 5.41) is 3.96. The zero-order valence-electron chi connectivity index (χ0n) is 8.26. The highest BCUT2D eigenvalue weighted by molar-refractivity contribution is 5.78. The summed E-state index contributed by atoms with van der Waals surface area (Å²) in [4.78, 5) is 7.22. The molecule has 0 atom stereocenters. The number of nitrogens with zero attached hydrogens (tertiary/aromatic N) is 1. The second-order valence-electron chi connectivity index (χ2n) is 2.87. The molecule has 3 heteroatoms. The Morgan fingerprint density at radius 3 is 2.69 bits per heavy atom. The topological polar surface area (TPSA) is 40.7 Å². The lowest BCUT2D eigenvalue weighted by atomic mass is 10.2. The summed E-state index contributed by atoms with van der Waals surface area (Å²) in [6, 6.07) is 4.01. The van der Waals surface area contributed by atoms with Gasteiger partial charge >= 0.3 is 0 Å². The first-order valence-corrected chi connectivity index (χ1v) is 4.26. The van der Waals surface area contributed by atoms with Crippen molar-refractivity contribution in [3.8, 4) is 0 Å². The van der Waals surface area contributed by atoms with E-state index in [0.29, 0.717) is 0 Å². The van der Waals surface area contributed by atoms with Gasteiger partial charge in [-0.25, -0.2) is 4.98 Å². The Bertz CT molecular complexity index is 365. The van der Waals surface area contributed by atoms with Crippen LogP contribution in [0.3, 0.4) is 0 Å². The Morgan fingerprint density at radius 2 is 2.08 bits per heavy atom. The quantitative estimate of drug-likeness (QED) is 0.643. The molecule has 2 heterocycles. The molecule has 13 heavy (non-hydrogen) atoms. The maximum atomic E-state index is 4.15. The fraction of sp³-hybridized carbons (Fsp3) is 0.300. The molecule has 0 aromatic carbocycles. The molecule has 0 spiro atoms. The molecule has 0 aliphatic heterocycles. The fourth-order valence-corrected chi connectivity index (χ4v) is 1.09. The van der Waals surface area contributed by atoms with E-state index in [9.17, 15) is 0 Å². The molecule has 0 unspecified atom stereocenters. The van der Waals surface area contributed by atoms with Crippen LogP contribution in [0.1, 0.15) is 5.56 Å². The number of pyridine rings is 1. The molecule has 0 bridgehead atoms. The number of rotatable bonds is 0. The molecule has 0 aliphatic rings. The summed E-state index contributed by atoms with van der Waals surface area (Å²) in [6.07, 6.45) is 3.76. The van der Waals surface area contributed by atoms with Gasteiger partial charge in [-0.1, -0.05) is 0 Å². The summed E-state index contributed by atoms with van der Waals surface area (Å²) in [6.45, 7) is 2.07. The largest absolute Gasteiger partial charge is 0.346 e. The standard InChI is InChI=1S/C8H8N2.C2H7N/c1-6-5-10-8-7(6)3-2-4-9-8;1-3-2/h2-5H,1H3,(H,9,10);3H,1-2H3. The van der Waals surface area contributed by atoms with Crippen molar-refractivity contribution in [2.75, 3.05) is 14.1 Å². The van der Waals surface area contributed by atoms with Crippen LogP contribution in [0.4, 0.5) is 0 Å². The van der Waals surface area contributed by atoms with Crippen LogP contribution in [0.5, 0.6) is 0 Å². The third kappa shape index (κ3) is 2.29. The minimum absolute atomic E-state index is 0.972. The first kappa shape index (κ1) is 9.74. The van der Waals surface area contributed by atoms with Gasteiger partial charge in [0.1, 0.15) is 5.65 Å². The average Bonchev–Trinajstić information content (AvgIpc) is 2.50. The van der Waals surface area contributed by atoms with Gasteiger partial charge in [-0.3, -0.25) is 0 Å². The predicted octanol–water partition coefficient (Wildman–Crippen LogP) is 1.71. The van der Waals surface area contributed by atoms with Gasteiger partial charge in [0, 0.05) is 17.8 Å². The maximum Gasteiger partial charge on any atom is 0.137 e. The van der Waals surface area contributed by atoms with Crippen LogP contribution < -0.4 is 5.32 Å². The van der Waals surface area contributed by atoms with E-state index in [2.05, 4.69) is 28.3 Å². The minimum Gasteiger partial charge on any atom is -0.346 e. The second kappa shape index (κ2) is 4.62. The zero-order chi connectivity index (χ0) is 9.68. The number of aryl methyl sites for hydroxylation is 1. The van der Waals surface area contributed by atoms with Crippen LogP contribution in [-0.4, -0.2) is 24.1 Å². The molecule has 0 amide bonds. The molecule has 0 aliphatic carbocycles.